The number of amides is 2. The van der Waals surface area contributed by atoms with Crippen LogP contribution in [0.2, 0.25) is 0 Å². The summed E-state index contributed by atoms with van der Waals surface area (Å²) in [5.74, 6) is -1.02. The molecule has 0 bridgehead atoms. The minimum absolute atomic E-state index is 0.141. The van der Waals surface area contributed by atoms with E-state index in [9.17, 15) is 9.59 Å². The predicted molar refractivity (Wildman–Crippen MR) is 79.2 cm³/mol. The van der Waals surface area contributed by atoms with E-state index in [1.807, 2.05) is 7.05 Å². The van der Waals surface area contributed by atoms with Gasteiger partial charge < -0.3 is 20.2 Å². The first-order valence-corrected chi connectivity index (χ1v) is 7.04. The summed E-state index contributed by atoms with van der Waals surface area (Å²) in [5.41, 5.74) is 0.607. The molecule has 0 unspecified atom stereocenters. The van der Waals surface area contributed by atoms with Crippen LogP contribution in [0, 0.1) is 0 Å². The van der Waals surface area contributed by atoms with Crippen molar-refractivity contribution in [3.63, 3.8) is 0 Å². The van der Waals surface area contributed by atoms with Gasteiger partial charge in [-0.1, -0.05) is 0 Å². The highest BCUT2D eigenvalue weighted by Crippen LogP contribution is 2.24. The summed E-state index contributed by atoms with van der Waals surface area (Å²) in [5, 5.41) is 11.7. The second-order valence-electron chi connectivity index (χ2n) is 4.72. The number of rotatable bonds is 2. The highest BCUT2D eigenvalue weighted by atomic mass is 79.9. The Labute approximate surface area is 125 Å². The van der Waals surface area contributed by atoms with Crippen molar-refractivity contribution < 1.29 is 14.7 Å². The second kappa shape index (κ2) is 6.23. The summed E-state index contributed by atoms with van der Waals surface area (Å²) >= 11 is 3.31. The van der Waals surface area contributed by atoms with Crippen molar-refractivity contribution in [1.82, 2.24) is 9.80 Å². The summed E-state index contributed by atoms with van der Waals surface area (Å²) in [6.07, 6.45) is 0. The van der Waals surface area contributed by atoms with E-state index in [0.717, 1.165) is 13.1 Å². The van der Waals surface area contributed by atoms with E-state index in [0.29, 0.717) is 23.2 Å². The molecule has 6 nitrogen and oxygen atoms in total. The molecule has 1 fully saturated rings. The smallest absolute Gasteiger partial charge is 0.335 e. The van der Waals surface area contributed by atoms with Crippen molar-refractivity contribution in [2.45, 2.75) is 0 Å². The molecule has 2 rings (SSSR count). The highest BCUT2D eigenvalue weighted by molar-refractivity contribution is 9.10. The van der Waals surface area contributed by atoms with E-state index in [1.54, 1.807) is 11.0 Å². The van der Waals surface area contributed by atoms with Crippen LogP contribution in [0.15, 0.2) is 22.7 Å². The minimum atomic E-state index is -1.02. The van der Waals surface area contributed by atoms with Gasteiger partial charge in [0.05, 0.1) is 11.3 Å². The Kier molecular flexibility index (Phi) is 4.61. The first kappa shape index (κ1) is 14.8. The molecule has 2 amide bonds. The van der Waals surface area contributed by atoms with E-state index in [4.69, 9.17) is 5.11 Å². The molecule has 0 aromatic heterocycles. The standard InChI is InChI=1S/C13H16BrN3O3/c1-16-4-6-17(7-5-16)13(20)15-11-8-9(12(18)19)2-3-10(11)14/h2-3,8H,4-7H2,1H3,(H,15,20)(H,18,19). The number of likely N-dealkylation sites (N-methyl/N-ethyl adjacent to an activating group) is 1. The molecule has 0 saturated carbocycles. The number of carbonyl (C=O) groups is 2. The molecule has 7 heteroatoms. The van der Waals surface area contributed by atoms with Gasteiger partial charge in [-0.3, -0.25) is 0 Å². The van der Waals surface area contributed by atoms with Gasteiger partial charge in [0.1, 0.15) is 0 Å². The molecule has 1 saturated heterocycles. The van der Waals surface area contributed by atoms with Gasteiger partial charge in [0.2, 0.25) is 0 Å². The Morgan fingerprint density at radius 3 is 2.50 bits per heavy atom. The molecule has 108 valence electrons. The number of hydrogen-bond donors (Lipinski definition) is 2. The summed E-state index contributed by atoms with van der Waals surface area (Å²) in [6, 6.07) is 4.34. The third kappa shape index (κ3) is 3.49. The number of aromatic carboxylic acids is 1. The van der Waals surface area contributed by atoms with Crippen molar-refractivity contribution in [2.75, 3.05) is 38.5 Å². The fourth-order valence-electron chi connectivity index (χ4n) is 1.96. The lowest BCUT2D eigenvalue weighted by atomic mass is 10.2. The minimum Gasteiger partial charge on any atom is -0.478 e. The average molecular weight is 342 g/mol. The van der Waals surface area contributed by atoms with E-state index in [1.165, 1.54) is 12.1 Å². The lowest BCUT2D eigenvalue weighted by Crippen LogP contribution is -2.48. The van der Waals surface area contributed by atoms with Crippen LogP contribution in [0.3, 0.4) is 0 Å². The summed E-state index contributed by atoms with van der Waals surface area (Å²) in [7, 11) is 2.02. The van der Waals surface area contributed by atoms with Gasteiger partial charge in [-0.25, -0.2) is 9.59 Å². The van der Waals surface area contributed by atoms with Crippen LogP contribution in [-0.4, -0.2) is 60.1 Å². The Bertz CT molecular complexity index is 528. The van der Waals surface area contributed by atoms with E-state index < -0.39 is 5.97 Å². The molecule has 1 aliphatic rings. The molecule has 0 spiro atoms. The van der Waals surface area contributed by atoms with Crippen molar-refractivity contribution in [3.05, 3.63) is 28.2 Å². The normalized spacial score (nSPS) is 16.0. The van der Waals surface area contributed by atoms with Crippen LogP contribution < -0.4 is 5.32 Å². The number of halogens is 1. The van der Waals surface area contributed by atoms with Crippen LogP contribution in [0.25, 0.3) is 0 Å². The van der Waals surface area contributed by atoms with Gasteiger partial charge in [0.25, 0.3) is 0 Å². The predicted octanol–water partition coefficient (Wildman–Crippen LogP) is 1.93. The zero-order valence-corrected chi connectivity index (χ0v) is 12.7. The largest absolute Gasteiger partial charge is 0.478 e. The number of carboxylic acids is 1. The monoisotopic (exact) mass is 341 g/mol. The molecular formula is C13H16BrN3O3. The van der Waals surface area contributed by atoms with Gasteiger partial charge >= 0.3 is 12.0 Å². The number of benzene rings is 1. The summed E-state index contributed by atoms with van der Waals surface area (Å²) in [4.78, 5) is 27.0. The quantitative estimate of drug-likeness (QED) is 0.861. The third-order valence-electron chi connectivity index (χ3n) is 3.25. The van der Waals surface area contributed by atoms with Crippen LogP contribution in [0.1, 0.15) is 10.4 Å². The second-order valence-corrected chi connectivity index (χ2v) is 5.57. The van der Waals surface area contributed by atoms with Gasteiger partial charge in [0.15, 0.2) is 0 Å². The molecule has 1 heterocycles. The zero-order valence-electron chi connectivity index (χ0n) is 11.1. The Morgan fingerprint density at radius 2 is 1.90 bits per heavy atom. The van der Waals surface area contributed by atoms with Crippen molar-refractivity contribution >= 4 is 33.6 Å². The first-order valence-electron chi connectivity index (χ1n) is 6.24. The molecular weight excluding hydrogens is 326 g/mol. The average Bonchev–Trinajstić information content (AvgIpc) is 2.41. The maximum Gasteiger partial charge on any atom is 0.335 e. The third-order valence-corrected chi connectivity index (χ3v) is 3.94. The van der Waals surface area contributed by atoms with Crippen molar-refractivity contribution in [2.24, 2.45) is 0 Å². The van der Waals surface area contributed by atoms with E-state index in [-0.39, 0.29) is 11.6 Å². The SMILES string of the molecule is CN1CCN(C(=O)Nc2cc(C(=O)O)ccc2Br)CC1. The fourth-order valence-corrected chi connectivity index (χ4v) is 2.30. The van der Waals surface area contributed by atoms with Crippen LogP contribution in [0.5, 0.6) is 0 Å². The topological polar surface area (TPSA) is 72.9 Å². The lowest BCUT2D eigenvalue weighted by molar-refractivity contribution is 0.0697. The molecule has 0 radical (unpaired) electrons. The van der Waals surface area contributed by atoms with Gasteiger partial charge in [-0.05, 0) is 41.2 Å². The van der Waals surface area contributed by atoms with Crippen molar-refractivity contribution in [1.29, 1.82) is 0 Å². The summed E-state index contributed by atoms with van der Waals surface area (Å²) < 4.78 is 0.657. The molecule has 1 aliphatic heterocycles. The number of nitrogens with zero attached hydrogens (tertiary/aromatic N) is 2. The van der Waals surface area contributed by atoms with E-state index in [2.05, 4.69) is 26.1 Å². The number of urea groups is 1. The first-order chi connectivity index (χ1) is 9.47. The Balaban J connectivity index is 2.07. The van der Waals surface area contributed by atoms with Gasteiger partial charge in [-0.15, -0.1) is 0 Å². The number of piperazine rings is 1. The van der Waals surface area contributed by atoms with Crippen LogP contribution in [0.4, 0.5) is 10.5 Å². The zero-order chi connectivity index (χ0) is 14.7. The molecule has 2 N–H and O–H groups in total. The maximum atomic E-state index is 12.1. The van der Waals surface area contributed by atoms with Crippen molar-refractivity contribution in [3.8, 4) is 0 Å². The Morgan fingerprint density at radius 1 is 1.25 bits per heavy atom. The summed E-state index contributed by atoms with van der Waals surface area (Å²) in [6.45, 7) is 3.00. The van der Waals surface area contributed by atoms with Gasteiger partial charge in [0, 0.05) is 30.7 Å². The van der Waals surface area contributed by atoms with Crippen LogP contribution in [-0.2, 0) is 0 Å². The molecule has 1 aromatic rings. The fraction of sp³-hybridized carbons (Fsp3) is 0.385. The van der Waals surface area contributed by atoms with E-state index >= 15 is 0 Å². The maximum absolute atomic E-state index is 12.1. The molecule has 0 atom stereocenters. The molecule has 1 aromatic carbocycles. The molecule has 20 heavy (non-hydrogen) atoms. The van der Waals surface area contributed by atoms with Gasteiger partial charge in [-0.2, -0.15) is 0 Å². The number of carboxylic acid groups (broad SMARTS) is 1. The lowest BCUT2D eigenvalue weighted by Gasteiger charge is -2.32. The number of hydrogen-bond acceptors (Lipinski definition) is 3. The number of anilines is 1. The number of carbonyl (C=O) groups excluding carboxylic acids is 1. The highest BCUT2D eigenvalue weighted by Gasteiger charge is 2.20. The Hall–Kier alpha value is -1.60. The molecule has 0 aliphatic carbocycles. The van der Waals surface area contributed by atoms with Crippen LogP contribution >= 0.6 is 15.9 Å². The number of nitrogens with one attached hydrogen (secondary N) is 1.